The predicted molar refractivity (Wildman–Crippen MR) is 76.3 cm³/mol. The summed E-state index contributed by atoms with van der Waals surface area (Å²) in [5, 5.41) is 3.54. The second-order valence-electron chi connectivity index (χ2n) is 5.50. The van der Waals surface area contributed by atoms with E-state index in [1.807, 2.05) is 0 Å². The van der Waals surface area contributed by atoms with Gasteiger partial charge in [-0.05, 0) is 70.2 Å². The van der Waals surface area contributed by atoms with E-state index in [1.165, 1.54) is 30.4 Å². The van der Waals surface area contributed by atoms with Gasteiger partial charge >= 0.3 is 0 Å². The number of hydrogen-bond donors (Lipinski definition) is 1. The highest BCUT2D eigenvalue weighted by molar-refractivity contribution is 5.38. The van der Waals surface area contributed by atoms with Crippen LogP contribution in [0.1, 0.15) is 43.7 Å². The molecule has 0 saturated heterocycles. The monoisotopic (exact) mass is 247 g/mol. The molecule has 1 fully saturated rings. The zero-order valence-corrected chi connectivity index (χ0v) is 11.8. The first kappa shape index (κ1) is 13.4. The van der Waals surface area contributed by atoms with Gasteiger partial charge in [0.05, 0.1) is 6.10 Å². The Hall–Kier alpha value is -1.02. The van der Waals surface area contributed by atoms with Crippen LogP contribution < -0.4 is 10.1 Å². The van der Waals surface area contributed by atoms with Crippen molar-refractivity contribution in [2.45, 2.75) is 58.6 Å². The van der Waals surface area contributed by atoms with Crippen molar-refractivity contribution >= 4 is 0 Å². The van der Waals surface area contributed by atoms with E-state index in [2.05, 4.69) is 44.3 Å². The Labute approximate surface area is 111 Å². The van der Waals surface area contributed by atoms with Crippen LogP contribution in [0.2, 0.25) is 0 Å². The van der Waals surface area contributed by atoms with Crippen LogP contribution in [-0.2, 0) is 0 Å². The lowest BCUT2D eigenvalue weighted by atomic mass is 10.1. The molecule has 1 saturated carbocycles. The first-order valence-corrected chi connectivity index (χ1v) is 7.13. The van der Waals surface area contributed by atoms with Crippen LogP contribution in [0.15, 0.2) is 18.2 Å². The van der Waals surface area contributed by atoms with E-state index in [1.54, 1.807) is 0 Å². The van der Waals surface area contributed by atoms with E-state index < -0.39 is 0 Å². The fourth-order valence-electron chi connectivity index (χ4n) is 2.11. The number of hydrogen-bond acceptors (Lipinski definition) is 2. The zero-order chi connectivity index (χ0) is 13.0. The Morgan fingerprint density at radius 2 is 2.11 bits per heavy atom. The summed E-state index contributed by atoms with van der Waals surface area (Å²) in [6.45, 7) is 7.56. The van der Waals surface area contributed by atoms with Crippen molar-refractivity contribution in [1.82, 2.24) is 5.32 Å². The maximum absolute atomic E-state index is 6.02. The van der Waals surface area contributed by atoms with Gasteiger partial charge in [0.1, 0.15) is 5.75 Å². The third-order valence-corrected chi connectivity index (χ3v) is 3.68. The molecular weight excluding hydrogens is 222 g/mol. The van der Waals surface area contributed by atoms with Crippen molar-refractivity contribution in [3.63, 3.8) is 0 Å². The molecule has 0 radical (unpaired) electrons. The summed E-state index contributed by atoms with van der Waals surface area (Å²) in [5.74, 6) is 1.04. The number of ether oxygens (including phenoxy) is 1. The summed E-state index contributed by atoms with van der Waals surface area (Å²) in [6.07, 6.45) is 5.35. The van der Waals surface area contributed by atoms with E-state index >= 15 is 0 Å². The van der Waals surface area contributed by atoms with Gasteiger partial charge in [-0.25, -0.2) is 0 Å². The maximum atomic E-state index is 6.02. The van der Waals surface area contributed by atoms with Gasteiger partial charge in [-0.15, -0.1) is 0 Å². The molecule has 1 atom stereocenters. The van der Waals surface area contributed by atoms with Gasteiger partial charge in [-0.2, -0.15) is 0 Å². The van der Waals surface area contributed by atoms with Crippen molar-refractivity contribution in [2.75, 3.05) is 6.54 Å². The Morgan fingerprint density at radius 3 is 2.83 bits per heavy atom. The second kappa shape index (κ2) is 6.24. The summed E-state index contributed by atoms with van der Waals surface area (Å²) in [4.78, 5) is 0. The molecule has 0 aromatic heterocycles. The molecule has 100 valence electrons. The fraction of sp³-hybridized carbons (Fsp3) is 0.625. The van der Waals surface area contributed by atoms with Gasteiger partial charge in [0.25, 0.3) is 0 Å². The van der Waals surface area contributed by atoms with E-state index in [9.17, 15) is 0 Å². The minimum Gasteiger partial charge on any atom is -0.490 e. The minimum atomic E-state index is 0.298. The summed E-state index contributed by atoms with van der Waals surface area (Å²) in [5.41, 5.74) is 2.57. The molecule has 2 rings (SSSR count). The molecule has 1 aliphatic carbocycles. The number of aryl methyl sites for hydroxylation is 1. The lowest BCUT2D eigenvalue weighted by Gasteiger charge is -2.17. The summed E-state index contributed by atoms with van der Waals surface area (Å²) >= 11 is 0. The lowest BCUT2D eigenvalue weighted by Crippen LogP contribution is -2.20. The SMILES string of the molecule is Cc1cccc(OC(C)CCCNC2CC2)c1C. The van der Waals surface area contributed by atoms with Crippen LogP contribution >= 0.6 is 0 Å². The maximum Gasteiger partial charge on any atom is 0.122 e. The molecule has 1 aromatic rings. The van der Waals surface area contributed by atoms with E-state index in [0.717, 1.165) is 24.8 Å². The molecule has 0 aliphatic heterocycles. The van der Waals surface area contributed by atoms with Gasteiger partial charge in [0, 0.05) is 6.04 Å². The van der Waals surface area contributed by atoms with Crippen LogP contribution in [0.4, 0.5) is 0 Å². The second-order valence-corrected chi connectivity index (χ2v) is 5.50. The average molecular weight is 247 g/mol. The molecule has 1 unspecified atom stereocenters. The Balaban J connectivity index is 1.71. The predicted octanol–water partition coefficient (Wildman–Crippen LogP) is 3.60. The normalized spacial score (nSPS) is 16.6. The van der Waals surface area contributed by atoms with E-state index in [0.29, 0.717) is 6.10 Å². The molecule has 0 bridgehead atoms. The molecule has 1 aromatic carbocycles. The van der Waals surface area contributed by atoms with Crippen molar-refractivity contribution < 1.29 is 4.74 Å². The van der Waals surface area contributed by atoms with Gasteiger partial charge in [-0.1, -0.05) is 12.1 Å². The van der Waals surface area contributed by atoms with Crippen molar-refractivity contribution in [3.8, 4) is 5.75 Å². The first-order valence-electron chi connectivity index (χ1n) is 7.13. The van der Waals surface area contributed by atoms with Crippen LogP contribution in [0.3, 0.4) is 0 Å². The highest BCUT2D eigenvalue weighted by Crippen LogP contribution is 2.22. The molecule has 0 heterocycles. The van der Waals surface area contributed by atoms with Crippen LogP contribution in [0.25, 0.3) is 0 Å². The lowest BCUT2D eigenvalue weighted by molar-refractivity contribution is 0.206. The number of rotatable bonds is 7. The fourth-order valence-corrected chi connectivity index (χ4v) is 2.11. The molecule has 0 spiro atoms. The van der Waals surface area contributed by atoms with Gasteiger partial charge in [0.15, 0.2) is 0 Å². The molecule has 1 N–H and O–H groups in total. The molecule has 2 heteroatoms. The summed E-state index contributed by atoms with van der Waals surface area (Å²) in [6, 6.07) is 7.09. The highest BCUT2D eigenvalue weighted by Gasteiger charge is 2.19. The molecule has 18 heavy (non-hydrogen) atoms. The van der Waals surface area contributed by atoms with E-state index in [-0.39, 0.29) is 0 Å². The first-order chi connectivity index (χ1) is 8.66. The van der Waals surface area contributed by atoms with Crippen molar-refractivity contribution in [3.05, 3.63) is 29.3 Å². The van der Waals surface area contributed by atoms with E-state index in [4.69, 9.17) is 4.74 Å². The van der Waals surface area contributed by atoms with Gasteiger partial charge in [-0.3, -0.25) is 0 Å². The Bertz CT molecular complexity index is 385. The van der Waals surface area contributed by atoms with Crippen molar-refractivity contribution in [1.29, 1.82) is 0 Å². The zero-order valence-electron chi connectivity index (χ0n) is 11.8. The third-order valence-electron chi connectivity index (χ3n) is 3.68. The molecule has 1 aliphatic rings. The largest absolute Gasteiger partial charge is 0.490 e. The highest BCUT2D eigenvalue weighted by atomic mass is 16.5. The Kier molecular flexibility index (Phi) is 4.65. The molecule has 0 amide bonds. The number of nitrogens with one attached hydrogen (secondary N) is 1. The van der Waals surface area contributed by atoms with Crippen LogP contribution in [0.5, 0.6) is 5.75 Å². The molecule has 2 nitrogen and oxygen atoms in total. The smallest absolute Gasteiger partial charge is 0.122 e. The topological polar surface area (TPSA) is 21.3 Å². The standard InChI is InChI=1S/C16H25NO/c1-12-6-4-8-16(14(12)3)18-13(2)7-5-11-17-15-9-10-15/h4,6,8,13,15,17H,5,7,9-11H2,1-3H3. The van der Waals surface area contributed by atoms with Gasteiger partial charge < -0.3 is 10.1 Å². The summed E-state index contributed by atoms with van der Waals surface area (Å²) < 4.78 is 6.02. The van der Waals surface area contributed by atoms with Crippen molar-refractivity contribution in [2.24, 2.45) is 0 Å². The van der Waals surface area contributed by atoms with Crippen LogP contribution in [0, 0.1) is 13.8 Å². The number of benzene rings is 1. The van der Waals surface area contributed by atoms with Gasteiger partial charge in [0.2, 0.25) is 0 Å². The molecular formula is C16H25NO. The quantitative estimate of drug-likeness (QED) is 0.743. The average Bonchev–Trinajstić information content (AvgIpc) is 3.15. The third kappa shape index (κ3) is 4.02. The summed E-state index contributed by atoms with van der Waals surface area (Å²) in [7, 11) is 0. The minimum absolute atomic E-state index is 0.298. The Morgan fingerprint density at radius 1 is 1.33 bits per heavy atom. The van der Waals surface area contributed by atoms with Crippen LogP contribution in [-0.4, -0.2) is 18.7 Å².